The Balaban J connectivity index is 2.74. The number of nitrogens with two attached hydrogens (primary N) is 1. The van der Waals surface area contributed by atoms with Crippen molar-refractivity contribution < 1.29 is 9.90 Å². The molecule has 0 unspecified atom stereocenters. The molecule has 0 aliphatic rings. The molecular weight excluding hydrogens is 240 g/mol. The Morgan fingerprint density at radius 2 is 2.16 bits per heavy atom. The first kappa shape index (κ1) is 13.6. The van der Waals surface area contributed by atoms with Crippen LogP contribution in [0.3, 0.4) is 0 Å². The number of hydrogen-bond donors (Lipinski definition) is 2. The van der Waals surface area contributed by atoms with Gasteiger partial charge in [-0.05, 0) is 44.0 Å². The molecule has 2 rings (SSSR count). The van der Waals surface area contributed by atoms with E-state index in [0.29, 0.717) is 12.1 Å². The summed E-state index contributed by atoms with van der Waals surface area (Å²) in [6.07, 6.45) is 1.73. The average molecular weight is 260 g/mol. The second kappa shape index (κ2) is 5.45. The van der Waals surface area contributed by atoms with Crippen molar-refractivity contribution in [2.75, 3.05) is 6.54 Å². The van der Waals surface area contributed by atoms with Crippen molar-refractivity contribution in [2.45, 2.75) is 33.2 Å². The normalized spacial score (nSPS) is 11.1. The topological polar surface area (TPSA) is 68.2 Å². The van der Waals surface area contributed by atoms with Crippen LogP contribution in [0.4, 0.5) is 0 Å². The molecule has 0 saturated heterocycles. The fourth-order valence-corrected chi connectivity index (χ4v) is 2.76. The van der Waals surface area contributed by atoms with Crippen LogP contribution < -0.4 is 5.73 Å². The van der Waals surface area contributed by atoms with E-state index < -0.39 is 5.97 Å². The minimum atomic E-state index is -0.865. The average Bonchev–Trinajstić information content (AvgIpc) is 2.67. The lowest BCUT2D eigenvalue weighted by Crippen LogP contribution is -2.07. The van der Waals surface area contributed by atoms with Crippen LogP contribution in [0.2, 0.25) is 0 Å². The summed E-state index contributed by atoms with van der Waals surface area (Å²) >= 11 is 0. The summed E-state index contributed by atoms with van der Waals surface area (Å²) < 4.78 is 2.19. The van der Waals surface area contributed by atoms with Crippen LogP contribution in [0.5, 0.6) is 0 Å². The number of fused-ring (bicyclic) bond motifs is 1. The van der Waals surface area contributed by atoms with Crippen molar-refractivity contribution in [2.24, 2.45) is 5.73 Å². The number of rotatable bonds is 5. The van der Waals surface area contributed by atoms with Gasteiger partial charge >= 0.3 is 5.97 Å². The smallest absolute Gasteiger partial charge is 0.336 e. The molecule has 0 radical (unpaired) electrons. The highest BCUT2D eigenvalue weighted by molar-refractivity contribution is 6.05. The van der Waals surface area contributed by atoms with Gasteiger partial charge < -0.3 is 15.4 Å². The predicted octanol–water partition coefficient (Wildman–Crippen LogP) is 2.56. The highest BCUT2D eigenvalue weighted by atomic mass is 16.4. The highest BCUT2D eigenvalue weighted by Gasteiger charge is 2.18. The molecule has 1 heterocycles. The number of carboxylic acids is 1. The Morgan fingerprint density at radius 1 is 1.42 bits per heavy atom. The fourth-order valence-electron chi connectivity index (χ4n) is 2.76. The van der Waals surface area contributed by atoms with Gasteiger partial charge in [-0.25, -0.2) is 4.79 Å². The molecule has 102 valence electrons. The monoisotopic (exact) mass is 260 g/mol. The number of aromatic nitrogens is 1. The molecule has 2 aromatic rings. The molecule has 19 heavy (non-hydrogen) atoms. The van der Waals surface area contributed by atoms with Gasteiger partial charge in [-0.1, -0.05) is 13.0 Å². The number of nitrogens with zero attached hydrogens (tertiary/aromatic N) is 1. The van der Waals surface area contributed by atoms with Gasteiger partial charge in [0.1, 0.15) is 0 Å². The highest BCUT2D eigenvalue weighted by Crippen LogP contribution is 2.29. The standard InChI is InChI=1S/C15H20N2O2/c1-3-11-10(2)17(9-5-8-16)13-7-4-6-12(14(11)13)15(18)19/h4,6-7H,3,5,8-9,16H2,1-2H3,(H,18,19). The maximum Gasteiger partial charge on any atom is 0.336 e. The van der Waals surface area contributed by atoms with Gasteiger partial charge in [0.2, 0.25) is 0 Å². The van der Waals surface area contributed by atoms with Gasteiger partial charge in [0.15, 0.2) is 0 Å². The maximum atomic E-state index is 11.4. The van der Waals surface area contributed by atoms with E-state index in [-0.39, 0.29) is 0 Å². The van der Waals surface area contributed by atoms with E-state index in [2.05, 4.69) is 18.4 Å². The summed E-state index contributed by atoms with van der Waals surface area (Å²) in [5.74, 6) is -0.865. The Labute approximate surface area is 112 Å². The number of benzene rings is 1. The zero-order valence-electron chi connectivity index (χ0n) is 11.4. The lowest BCUT2D eigenvalue weighted by atomic mass is 10.0. The molecule has 0 atom stereocenters. The summed E-state index contributed by atoms with van der Waals surface area (Å²) in [5, 5.41) is 10.2. The van der Waals surface area contributed by atoms with Crippen molar-refractivity contribution in [1.29, 1.82) is 0 Å². The van der Waals surface area contributed by atoms with Crippen LogP contribution in [0.25, 0.3) is 10.9 Å². The van der Waals surface area contributed by atoms with E-state index >= 15 is 0 Å². The van der Waals surface area contributed by atoms with Gasteiger partial charge in [0, 0.05) is 23.1 Å². The van der Waals surface area contributed by atoms with E-state index in [1.165, 1.54) is 0 Å². The molecule has 0 aliphatic carbocycles. The molecule has 4 heteroatoms. The van der Waals surface area contributed by atoms with Crippen LogP contribution in [0.1, 0.15) is 35.0 Å². The molecule has 0 bridgehead atoms. The van der Waals surface area contributed by atoms with E-state index in [9.17, 15) is 9.90 Å². The lowest BCUT2D eigenvalue weighted by molar-refractivity contribution is 0.0699. The van der Waals surface area contributed by atoms with Crippen molar-refractivity contribution >= 4 is 16.9 Å². The van der Waals surface area contributed by atoms with E-state index in [1.54, 1.807) is 6.07 Å². The van der Waals surface area contributed by atoms with E-state index in [1.807, 2.05) is 12.1 Å². The summed E-state index contributed by atoms with van der Waals surface area (Å²) in [4.78, 5) is 11.4. The van der Waals surface area contributed by atoms with Crippen LogP contribution >= 0.6 is 0 Å². The van der Waals surface area contributed by atoms with Gasteiger partial charge in [-0.15, -0.1) is 0 Å². The third-order valence-electron chi connectivity index (χ3n) is 3.65. The van der Waals surface area contributed by atoms with Gasteiger partial charge in [0.25, 0.3) is 0 Å². The summed E-state index contributed by atoms with van der Waals surface area (Å²) in [6.45, 7) is 5.59. The summed E-state index contributed by atoms with van der Waals surface area (Å²) in [6, 6.07) is 5.48. The number of hydrogen-bond acceptors (Lipinski definition) is 2. The van der Waals surface area contributed by atoms with E-state index in [0.717, 1.165) is 41.5 Å². The molecule has 0 spiro atoms. The second-order valence-electron chi connectivity index (χ2n) is 4.72. The Bertz CT molecular complexity index is 614. The zero-order chi connectivity index (χ0) is 14.0. The number of aromatic carboxylic acids is 1. The van der Waals surface area contributed by atoms with Crippen LogP contribution in [-0.4, -0.2) is 22.2 Å². The third kappa shape index (κ3) is 2.24. The Hall–Kier alpha value is -1.81. The molecule has 0 amide bonds. The first-order chi connectivity index (χ1) is 9.11. The molecule has 3 N–H and O–H groups in total. The van der Waals surface area contributed by atoms with Gasteiger partial charge in [-0.3, -0.25) is 0 Å². The third-order valence-corrected chi connectivity index (χ3v) is 3.65. The van der Waals surface area contributed by atoms with Crippen LogP contribution in [0.15, 0.2) is 18.2 Å². The van der Waals surface area contributed by atoms with Crippen molar-refractivity contribution in [1.82, 2.24) is 4.57 Å². The minimum Gasteiger partial charge on any atom is -0.478 e. The quantitative estimate of drug-likeness (QED) is 0.868. The van der Waals surface area contributed by atoms with Crippen LogP contribution in [-0.2, 0) is 13.0 Å². The number of carbonyl (C=O) groups is 1. The maximum absolute atomic E-state index is 11.4. The molecule has 0 aliphatic heterocycles. The summed E-state index contributed by atoms with van der Waals surface area (Å²) in [7, 11) is 0. The van der Waals surface area contributed by atoms with Crippen molar-refractivity contribution in [3.05, 3.63) is 35.0 Å². The molecule has 0 fully saturated rings. The molecule has 1 aromatic carbocycles. The first-order valence-electron chi connectivity index (χ1n) is 6.65. The Kier molecular flexibility index (Phi) is 3.90. The summed E-state index contributed by atoms with van der Waals surface area (Å²) in [5.41, 5.74) is 9.26. The lowest BCUT2D eigenvalue weighted by Gasteiger charge is -2.07. The minimum absolute atomic E-state index is 0.393. The van der Waals surface area contributed by atoms with Crippen LogP contribution in [0, 0.1) is 6.92 Å². The molecule has 1 aromatic heterocycles. The predicted molar refractivity (Wildman–Crippen MR) is 76.7 cm³/mol. The fraction of sp³-hybridized carbons (Fsp3) is 0.400. The SMILES string of the molecule is CCc1c(C)n(CCCN)c2cccc(C(=O)O)c12. The van der Waals surface area contributed by atoms with Crippen molar-refractivity contribution in [3.8, 4) is 0 Å². The largest absolute Gasteiger partial charge is 0.478 e. The second-order valence-corrected chi connectivity index (χ2v) is 4.72. The molecule has 4 nitrogen and oxygen atoms in total. The Morgan fingerprint density at radius 3 is 2.74 bits per heavy atom. The van der Waals surface area contributed by atoms with Gasteiger partial charge in [-0.2, -0.15) is 0 Å². The number of aryl methyl sites for hydroxylation is 2. The first-order valence-corrected chi connectivity index (χ1v) is 6.65. The molecular formula is C15H20N2O2. The van der Waals surface area contributed by atoms with Gasteiger partial charge in [0.05, 0.1) is 5.56 Å². The zero-order valence-corrected chi connectivity index (χ0v) is 11.4. The molecule has 0 saturated carbocycles. The van der Waals surface area contributed by atoms with Crippen molar-refractivity contribution in [3.63, 3.8) is 0 Å². The number of carboxylic acid groups (broad SMARTS) is 1. The van der Waals surface area contributed by atoms with E-state index in [4.69, 9.17) is 5.73 Å².